The highest BCUT2D eigenvalue weighted by Crippen LogP contribution is 2.34. The monoisotopic (exact) mass is 535 g/mol. The molecule has 0 aromatic heterocycles. The Hall–Kier alpha value is -3.21. The van der Waals surface area contributed by atoms with Gasteiger partial charge in [0.15, 0.2) is 0 Å². The van der Waals surface area contributed by atoms with Crippen LogP contribution in [0.1, 0.15) is 35.1 Å². The number of carboxylic acid groups (broad SMARTS) is 1. The molecule has 4 rings (SSSR count). The molecule has 1 atom stereocenters. The Morgan fingerprint density at radius 2 is 1.73 bits per heavy atom. The summed E-state index contributed by atoms with van der Waals surface area (Å²) in [6.07, 6.45) is 5.25. The average Bonchev–Trinajstić information content (AvgIpc) is 3.28. The average molecular weight is 536 g/mol. The van der Waals surface area contributed by atoms with E-state index in [2.05, 4.69) is 30.0 Å². The fourth-order valence-electron chi connectivity index (χ4n) is 4.67. The molecule has 0 bridgehead atoms. The molecule has 0 saturated carbocycles. The summed E-state index contributed by atoms with van der Waals surface area (Å²) in [5.41, 5.74) is 6.42. The van der Waals surface area contributed by atoms with Gasteiger partial charge >= 0.3 is 5.97 Å². The lowest BCUT2D eigenvalue weighted by molar-refractivity contribution is -0.133. The van der Waals surface area contributed by atoms with Crippen LogP contribution in [0.4, 0.5) is 5.69 Å². The lowest BCUT2D eigenvalue weighted by Crippen LogP contribution is -2.20. The molecule has 6 heteroatoms. The van der Waals surface area contributed by atoms with Crippen molar-refractivity contribution >= 4 is 34.9 Å². The summed E-state index contributed by atoms with van der Waals surface area (Å²) >= 11 is 12.5. The third-order valence-corrected chi connectivity index (χ3v) is 7.35. The predicted octanol–water partition coefficient (Wildman–Crippen LogP) is 8.31. The van der Waals surface area contributed by atoms with Crippen molar-refractivity contribution in [2.24, 2.45) is 5.92 Å². The summed E-state index contributed by atoms with van der Waals surface area (Å²) in [6.45, 7) is 7.04. The van der Waals surface area contributed by atoms with Crippen LogP contribution in [0.2, 0.25) is 10.0 Å². The van der Waals surface area contributed by atoms with Gasteiger partial charge in [-0.05, 0) is 98.3 Å². The number of rotatable bonds is 10. The number of hydrogen-bond acceptors (Lipinski definition) is 3. The van der Waals surface area contributed by atoms with Crippen LogP contribution in [-0.2, 0) is 11.3 Å². The van der Waals surface area contributed by atoms with Crippen LogP contribution in [-0.4, -0.2) is 17.7 Å². The van der Waals surface area contributed by atoms with Crippen molar-refractivity contribution in [1.29, 1.82) is 0 Å². The number of ether oxygens (including phenoxy) is 1. The molecule has 3 aromatic carbocycles. The van der Waals surface area contributed by atoms with Gasteiger partial charge in [-0.25, -0.2) is 4.79 Å². The zero-order valence-corrected chi connectivity index (χ0v) is 22.8. The number of aliphatic carboxylic acids is 1. The van der Waals surface area contributed by atoms with E-state index in [1.807, 2.05) is 62.4 Å². The molecular formula is C31H31Cl2NO3. The fourth-order valence-corrected chi connectivity index (χ4v) is 4.99. The van der Waals surface area contributed by atoms with Crippen molar-refractivity contribution < 1.29 is 14.6 Å². The molecule has 0 fully saturated rings. The van der Waals surface area contributed by atoms with Crippen LogP contribution in [0, 0.1) is 26.7 Å². The Kier molecular flexibility index (Phi) is 8.63. The van der Waals surface area contributed by atoms with Crippen molar-refractivity contribution in [1.82, 2.24) is 0 Å². The molecule has 1 aliphatic carbocycles. The maximum atomic E-state index is 12.2. The molecule has 1 aliphatic rings. The van der Waals surface area contributed by atoms with Crippen molar-refractivity contribution in [3.8, 4) is 5.75 Å². The molecule has 4 nitrogen and oxygen atoms in total. The third kappa shape index (κ3) is 6.76. The standard InChI is InChI=1S/C31H31Cl2NO3/c1-20-7-4-11-26(13-20)34(19-23-8-5-10-25(32)16-23)27-17-24(29(18-27)31(35)36)9-6-12-37-28-14-21(2)30(33)22(3)15-28/h4-5,7-8,10-11,13-18,24H,6,9,12,19H2,1-3H3,(H,35,36). The Balaban J connectivity index is 1.52. The largest absolute Gasteiger partial charge is 0.494 e. The smallest absolute Gasteiger partial charge is 0.332 e. The van der Waals surface area contributed by atoms with E-state index in [9.17, 15) is 9.90 Å². The molecule has 0 saturated heterocycles. The first-order valence-corrected chi connectivity index (χ1v) is 13.1. The minimum Gasteiger partial charge on any atom is -0.494 e. The van der Waals surface area contributed by atoms with Crippen LogP contribution >= 0.6 is 23.2 Å². The molecule has 0 aliphatic heterocycles. The summed E-state index contributed by atoms with van der Waals surface area (Å²) in [5.74, 6) is -0.312. The number of halogens is 2. The maximum absolute atomic E-state index is 12.2. The van der Waals surface area contributed by atoms with Crippen LogP contribution in [0.3, 0.4) is 0 Å². The maximum Gasteiger partial charge on any atom is 0.332 e. The first-order valence-electron chi connectivity index (χ1n) is 12.4. The first kappa shape index (κ1) is 26.8. The summed E-state index contributed by atoms with van der Waals surface area (Å²) in [5, 5.41) is 11.4. The SMILES string of the molecule is Cc1cccc(N(Cc2cccc(Cl)c2)C2=CC(CCCOc3cc(C)c(Cl)c(C)c3)C(C(=O)O)=C2)c1. The van der Waals surface area contributed by atoms with E-state index in [0.717, 1.165) is 50.8 Å². The Bertz CT molecular complexity index is 1340. The third-order valence-electron chi connectivity index (χ3n) is 6.51. The number of anilines is 1. The van der Waals surface area contributed by atoms with Crippen molar-refractivity contribution in [3.63, 3.8) is 0 Å². The van der Waals surface area contributed by atoms with Gasteiger partial charge in [0.25, 0.3) is 0 Å². The lowest BCUT2D eigenvalue weighted by atomic mass is 9.97. The van der Waals surface area contributed by atoms with Gasteiger partial charge < -0.3 is 14.7 Å². The highest BCUT2D eigenvalue weighted by molar-refractivity contribution is 6.32. The molecule has 37 heavy (non-hydrogen) atoms. The van der Waals surface area contributed by atoms with Gasteiger partial charge in [0.1, 0.15) is 5.75 Å². The van der Waals surface area contributed by atoms with Crippen molar-refractivity contribution in [2.75, 3.05) is 11.5 Å². The molecule has 0 amide bonds. The second-order valence-electron chi connectivity index (χ2n) is 9.52. The molecule has 1 unspecified atom stereocenters. The molecule has 192 valence electrons. The number of allylic oxidation sites excluding steroid dienone is 2. The van der Waals surface area contributed by atoms with E-state index in [-0.39, 0.29) is 5.92 Å². The van der Waals surface area contributed by atoms with Crippen molar-refractivity contribution in [2.45, 2.75) is 40.2 Å². The number of nitrogens with zero attached hydrogens (tertiary/aromatic N) is 1. The highest BCUT2D eigenvalue weighted by Gasteiger charge is 2.27. The van der Waals surface area contributed by atoms with Gasteiger partial charge in [0.2, 0.25) is 0 Å². The van der Waals surface area contributed by atoms with Gasteiger partial charge in [0.05, 0.1) is 6.61 Å². The molecule has 0 radical (unpaired) electrons. The summed E-state index contributed by atoms with van der Waals surface area (Å²) in [4.78, 5) is 14.3. The summed E-state index contributed by atoms with van der Waals surface area (Å²) in [6, 6.07) is 19.8. The Morgan fingerprint density at radius 3 is 2.41 bits per heavy atom. The molecule has 1 N–H and O–H groups in total. The zero-order chi connectivity index (χ0) is 26.5. The zero-order valence-electron chi connectivity index (χ0n) is 21.3. The van der Waals surface area contributed by atoms with Gasteiger partial charge in [-0.2, -0.15) is 0 Å². The van der Waals surface area contributed by atoms with Gasteiger partial charge in [-0.1, -0.05) is 53.5 Å². The number of benzene rings is 3. The minimum atomic E-state index is -0.895. The van der Waals surface area contributed by atoms with E-state index < -0.39 is 5.97 Å². The van der Waals surface area contributed by atoms with Crippen LogP contribution in [0.25, 0.3) is 0 Å². The predicted molar refractivity (Wildman–Crippen MR) is 152 cm³/mol. The molecule has 0 heterocycles. The Morgan fingerprint density at radius 1 is 1.00 bits per heavy atom. The van der Waals surface area contributed by atoms with E-state index in [4.69, 9.17) is 27.9 Å². The second kappa shape index (κ2) is 11.9. The first-order chi connectivity index (χ1) is 17.7. The topological polar surface area (TPSA) is 49.8 Å². The van der Waals surface area contributed by atoms with Crippen LogP contribution in [0.5, 0.6) is 5.75 Å². The summed E-state index contributed by atoms with van der Waals surface area (Å²) in [7, 11) is 0. The van der Waals surface area contributed by atoms with Gasteiger partial charge in [-0.3, -0.25) is 0 Å². The lowest BCUT2D eigenvalue weighted by Gasteiger charge is -2.26. The summed E-state index contributed by atoms with van der Waals surface area (Å²) < 4.78 is 5.96. The number of aryl methyl sites for hydroxylation is 3. The number of carboxylic acids is 1. The molecular weight excluding hydrogens is 505 g/mol. The van der Waals surface area contributed by atoms with E-state index in [1.54, 1.807) is 6.08 Å². The molecule has 3 aromatic rings. The highest BCUT2D eigenvalue weighted by atomic mass is 35.5. The van der Waals surface area contributed by atoms with Gasteiger partial charge in [-0.15, -0.1) is 0 Å². The number of hydrogen-bond donors (Lipinski definition) is 1. The van der Waals surface area contributed by atoms with Crippen molar-refractivity contribution in [3.05, 3.63) is 116 Å². The molecule has 0 spiro atoms. The second-order valence-corrected chi connectivity index (χ2v) is 10.3. The normalized spacial score (nSPS) is 14.8. The van der Waals surface area contributed by atoms with Crippen LogP contribution in [0.15, 0.2) is 84.1 Å². The Labute approximate surface area is 228 Å². The van der Waals surface area contributed by atoms with Gasteiger partial charge in [0, 0.05) is 39.5 Å². The van der Waals surface area contributed by atoms with Crippen LogP contribution < -0.4 is 9.64 Å². The quantitative estimate of drug-likeness (QED) is 0.265. The number of carbonyl (C=O) groups is 1. The fraction of sp³-hybridized carbons (Fsp3) is 0.258. The minimum absolute atomic E-state index is 0.198. The van der Waals surface area contributed by atoms with E-state index >= 15 is 0 Å². The van der Waals surface area contributed by atoms with E-state index in [0.29, 0.717) is 30.2 Å². The van der Waals surface area contributed by atoms with E-state index in [1.165, 1.54) is 0 Å².